The predicted octanol–water partition coefficient (Wildman–Crippen LogP) is 5.58. The summed E-state index contributed by atoms with van der Waals surface area (Å²) in [5, 5.41) is 3.38. The smallest absolute Gasteiger partial charge is 0.336 e. The number of allylic oxidation sites excluding steroid dienone is 3. The number of esters is 1. The lowest BCUT2D eigenvalue weighted by molar-refractivity contribution is -0.139. The molecule has 0 aromatic heterocycles. The summed E-state index contributed by atoms with van der Waals surface area (Å²) in [5.74, 6) is -0.570. The van der Waals surface area contributed by atoms with E-state index in [1.54, 1.807) is 0 Å². The summed E-state index contributed by atoms with van der Waals surface area (Å²) < 4.78 is 5.56. The monoisotopic (exact) mass is 397 g/mol. The lowest BCUT2D eigenvalue weighted by Gasteiger charge is -2.39. The summed E-state index contributed by atoms with van der Waals surface area (Å²) in [6.07, 6.45) is 3.09. The molecule has 4 heteroatoms. The van der Waals surface area contributed by atoms with Crippen molar-refractivity contribution in [3.05, 3.63) is 57.9 Å². The van der Waals surface area contributed by atoms with Gasteiger partial charge in [0, 0.05) is 29.3 Å². The highest BCUT2D eigenvalue weighted by Gasteiger charge is 2.43. The molecule has 1 atom stereocenters. The normalized spacial score (nSPS) is 20.6. The van der Waals surface area contributed by atoms with Crippen molar-refractivity contribution in [2.75, 3.05) is 6.61 Å². The SMILES string of the molecule is C.CCCCOC(=O)C1=C(C)NC2=C(C(=O)CC(C)(C)C2)C1c1cccc(C)c1. The van der Waals surface area contributed by atoms with Gasteiger partial charge in [0.05, 0.1) is 12.2 Å². The fourth-order valence-electron chi connectivity index (χ4n) is 4.28. The molecule has 0 saturated heterocycles. The second kappa shape index (κ2) is 8.98. The van der Waals surface area contributed by atoms with Gasteiger partial charge in [-0.15, -0.1) is 0 Å². The summed E-state index contributed by atoms with van der Waals surface area (Å²) in [5.41, 5.74) is 5.04. The Morgan fingerprint density at radius 1 is 1.24 bits per heavy atom. The van der Waals surface area contributed by atoms with Crippen LogP contribution >= 0.6 is 0 Å². The third-order valence-corrected chi connectivity index (χ3v) is 5.57. The van der Waals surface area contributed by atoms with Gasteiger partial charge >= 0.3 is 5.97 Å². The highest BCUT2D eigenvalue weighted by atomic mass is 16.5. The van der Waals surface area contributed by atoms with Crippen LogP contribution in [0.1, 0.15) is 77.8 Å². The second-order valence-corrected chi connectivity index (χ2v) is 8.83. The van der Waals surface area contributed by atoms with Crippen LogP contribution in [0, 0.1) is 12.3 Å². The number of hydrogen-bond acceptors (Lipinski definition) is 4. The number of ether oxygens (including phenoxy) is 1. The van der Waals surface area contributed by atoms with Crippen molar-refractivity contribution < 1.29 is 14.3 Å². The first-order valence-electron chi connectivity index (χ1n) is 10.2. The van der Waals surface area contributed by atoms with Gasteiger partial charge in [0.1, 0.15) is 0 Å². The number of hydrogen-bond donors (Lipinski definition) is 1. The van der Waals surface area contributed by atoms with Crippen molar-refractivity contribution in [1.29, 1.82) is 0 Å². The summed E-state index contributed by atoms with van der Waals surface area (Å²) in [4.78, 5) is 26.2. The molecule has 1 aliphatic heterocycles. The molecule has 0 bridgehead atoms. The molecule has 1 heterocycles. The van der Waals surface area contributed by atoms with E-state index >= 15 is 0 Å². The maximum Gasteiger partial charge on any atom is 0.336 e. The van der Waals surface area contributed by atoms with Crippen LogP contribution in [-0.4, -0.2) is 18.4 Å². The van der Waals surface area contributed by atoms with Crippen LogP contribution in [0.3, 0.4) is 0 Å². The van der Waals surface area contributed by atoms with E-state index in [-0.39, 0.29) is 30.5 Å². The highest BCUT2D eigenvalue weighted by Crippen LogP contribution is 2.46. The minimum absolute atomic E-state index is 0. The molecule has 0 saturated carbocycles. The summed E-state index contributed by atoms with van der Waals surface area (Å²) in [6, 6.07) is 8.09. The highest BCUT2D eigenvalue weighted by molar-refractivity contribution is 6.04. The van der Waals surface area contributed by atoms with Crippen molar-refractivity contribution >= 4 is 11.8 Å². The summed E-state index contributed by atoms with van der Waals surface area (Å²) in [7, 11) is 0. The zero-order valence-corrected chi connectivity index (χ0v) is 17.6. The Morgan fingerprint density at radius 3 is 2.62 bits per heavy atom. The molecule has 1 aromatic carbocycles. The fraction of sp³-hybridized carbons (Fsp3) is 0.520. The molecule has 0 amide bonds. The van der Waals surface area contributed by atoms with Crippen LogP contribution in [0.2, 0.25) is 0 Å². The molecule has 3 rings (SSSR count). The van der Waals surface area contributed by atoms with Crippen molar-refractivity contribution in [1.82, 2.24) is 5.32 Å². The minimum atomic E-state index is -0.367. The standard InChI is InChI=1S/C24H31NO3.CH4/c1-6-7-11-28-23(27)20-16(3)25-18-13-24(4,5)14-19(26)22(18)21(20)17-10-8-9-15(2)12-17;/h8-10,12,21,25H,6-7,11,13-14H2,1-5H3;1H4. The largest absolute Gasteiger partial charge is 0.462 e. The molecule has 2 aliphatic rings. The molecule has 0 spiro atoms. The minimum Gasteiger partial charge on any atom is -0.462 e. The van der Waals surface area contributed by atoms with Gasteiger partial charge in [-0.3, -0.25) is 4.79 Å². The Hall–Kier alpha value is -2.36. The van der Waals surface area contributed by atoms with Crippen molar-refractivity contribution in [3.8, 4) is 0 Å². The van der Waals surface area contributed by atoms with Crippen LogP contribution in [0.25, 0.3) is 0 Å². The van der Waals surface area contributed by atoms with E-state index in [0.29, 0.717) is 18.6 Å². The molecule has 158 valence electrons. The maximum atomic E-state index is 13.2. The van der Waals surface area contributed by atoms with Gasteiger partial charge in [-0.1, -0.05) is 64.4 Å². The van der Waals surface area contributed by atoms with Crippen LogP contribution in [-0.2, 0) is 14.3 Å². The maximum absolute atomic E-state index is 13.2. The number of aryl methyl sites for hydroxylation is 1. The third-order valence-electron chi connectivity index (χ3n) is 5.57. The average Bonchev–Trinajstić information content (AvgIpc) is 2.59. The first kappa shape index (κ1) is 22.9. The number of benzene rings is 1. The van der Waals surface area contributed by atoms with Gasteiger partial charge in [0.25, 0.3) is 0 Å². The molecule has 1 unspecified atom stereocenters. The van der Waals surface area contributed by atoms with Crippen LogP contribution in [0.4, 0.5) is 0 Å². The first-order valence-corrected chi connectivity index (χ1v) is 10.2. The van der Waals surface area contributed by atoms with Crippen LogP contribution in [0.15, 0.2) is 46.8 Å². The zero-order chi connectivity index (χ0) is 20.5. The Kier molecular flexibility index (Phi) is 7.10. The Labute approximate surface area is 175 Å². The lowest BCUT2D eigenvalue weighted by Crippen LogP contribution is -2.38. The quantitative estimate of drug-likeness (QED) is 0.521. The number of unbranched alkanes of at least 4 members (excludes halogenated alkanes) is 1. The van der Waals surface area contributed by atoms with Gasteiger partial charge in [-0.25, -0.2) is 4.79 Å². The van der Waals surface area contributed by atoms with E-state index in [1.165, 1.54) is 0 Å². The number of carbonyl (C=O) groups is 2. The molecule has 0 fully saturated rings. The lowest BCUT2D eigenvalue weighted by atomic mass is 9.68. The van der Waals surface area contributed by atoms with Gasteiger partial charge in [-0.2, -0.15) is 0 Å². The van der Waals surface area contributed by atoms with Crippen molar-refractivity contribution in [3.63, 3.8) is 0 Å². The van der Waals surface area contributed by atoms with Gasteiger partial charge in [0.2, 0.25) is 0 Å². The summed E-state index contributed by atoms with van der Waals surface area (Å²) in [6.45, 7) is 10.6. The predicted molar refractivity (Wildman–Crippen MR) is 117 cm³/mol. The van der Waals surface area contributed by atoms with E-state index in [4.69, 9.17) is 4.74 Å². The van der Waals surface area contributed by atoms with Crippen LogP contribution in [0.5, 0.6) is 0 Å². The van der Waals surface area contributed by atoms with Crippen molar-refractivity contribution in [2.24, 2.45) is 5.41 Å². The first-order chi connectivity index (χ1) is 13.2. The van der Waals surface area contributed by atoms with E-state index < -0.39 is 0 Å². The van der Waals surface area contributed by atoms with Crippen molar-refractivity contribution in [2.45, 2.75) is 73.6 Å². The average molecular weight is 398 g/mol. The van der Waals surface area contributed by atoms with E-state index in [9.17, 15) is 9.59 Å². The molecule has 1 N–H and O–H groups in total. The molecular formula is C25H35NO3. The Balaban J connectivity index is 0.00000300. The van der Waals surface area contributed by atoms with Crippen LogP contribution < -0.4 is 5.32 Å². The van der Waals surface area contributed by atoms with Gasteiger partial charge in [0.15, 0.2) is 5.78 Å². The molecule has 1 aromatic rings. The summed E-state index contributed by atoms with van der Waals surface area (Å²) >= 11 is 0. The topological polar surface area (TPSA) is 55.4 Å². The van der Waals surface area contributed by atoms with Gasteiger partial charge in [-0.05, 0) is 37.7 Å². The van der Waals surface area contributed by atoms with Gasteiger partial charge < -0.3 is 10.1 Å². The van der Waals surface area contributed by atoms with E-state index in [0.717, 1.165) is 47.4 Å². The zero-order valence-electron chi connectivity index (χ0n) is 17.6. The molecule has 4 nitrogen and oxygen atoms in total. The molecule has 29 heavy (non-hydrogen) atoms. The second-order valence-electron chi connectivity index (χ2n) is 8.83. The Bertz CT molecular complexity index is 861. The number of nitrogens with one attached hydrogen (secondary N) is 1. The van der Waals surface area contributed by atoms with E-state index in [2.05, 4.69) is 32.2 Å². The number of ketones is 1. The number of Topliss-reactive ketones (excluding diaryl/α,β-unsaturated/α-hetero) is 1. The number of rotatable bonds is 5. The molecular weight excluding hydrogens is 362 g/mol. The van der Waals surface area contributed by atoms with E-state index in [1.807, 2.05) is 32.0 Å². The number of carbonyl (C=O) groups excluding carboxylic acids is 2. The number of dihydropyridines is 1. The molecule has 1 aliphatic carbocycles. The third kappa shape index (κ3) is 4.80. The molecule has 0 radical (unpaired) electrons. The Morgan fingerprint density at radius 2 is 1.97 bits per heavy atom. The fourth-order valence-corrected chi connectivity index (χ4v) is 4.28.